The molecule has 33 heavy (non-hydrogen) atoms. The van der Waals surface area contributed by atoms with E-state index in [1.165, 1.54) is 0 Å². The van der Waals surface area contributed by atoms with E-state index in [0.29, 0.717) is 6.04 Å². The Balaban J connectivity index is 1.34. The van der Waals surface area contributed by atoms with Gasteiger partial charge in [0.15, 0.2) is 0 Å². The standard InChI is InChI=1S/C26H35N5O2/c1-29-16-14-22(15-17-29)30(2)25(32)23-10-6-7-11-24(23)31-18-12-21(13-19-31)28-26(33)27-20-8-4-3-5-9-20/h3-11,21-22H,12-19H2,1-2H3,(H2,27,28,33). The quantitative estimate of drug-likeness (QED) is 0.731. The van der Waals surface area contributed by atoms with E-state index in [2.05, 4.69) is 27.5 Å². The zero-order valence-corrected chi connectivity index (χ0v) is 19.7. The van der Waals surface area contributed by atoms with Crippen molar-refractivity contribution in [3.8, 4) is 0 Å². The molecule has 2 aromatic rings. The number of piperidine rings is 2. The van der Waals surface area contributed by atoms with Gasteiger partial charge in [-0.15, -0.1) is 0 Å². The lowest BCUT2D eigenvalue weighted by Gasteiger charge is -2.37. The van der Waals surface area contributed by atoms with Gasteiger partial charge in [-0.05, 0) is 70.1 Å². The monoisotopic (exact) mass is 449 g/mol. The van der Waals surface area contributed by atoms with E-state index < -0.39 is 0 Å². The highest BCUT2D eigenvalue weighted by Crippen LogP contribution is 2.27. The number of benzene rings is 2. The molecular weight excluding hydrogens is 414 g/mol. The molecular formula is C26H35N5O2. The van der Waals surface area contributed by atoms with Crippen LogP contribution in [-0.4, -0.2) is 74.1 Å². The van der Waals surface area contributed by atoms with E-state index in [-0.39, 0.29) is 18.0 Å². The number of para-hydroxylation sites is 2. The minimum absolute atomic E-state index is 0.0997. The van der Waals surface area contributed by atoms with Gasteiger partial charge < -0.3 is 25.3 Å². The van der Waals surface area contributed by atoms with Crippen LogP contribution in [0.2, 0.25) is 0 Å². The third kappa shape index (κ3) is 5.85. The maximum absolute atomic E-state index is 13.4. The van der Waals surface area contributed by atoms with E-state index in [0.717, 1.165) is 68.8 Å². The Labute approximate surface area is 196 Å². The summed E-state index contributed by atoms with van der Waals surface area (Å²) in [7, 11) is 4.08. The minimum atomic E-state index is -0.171. The average molecular weight is 450 g/mol. The average Bonchev–Trinajstić information content (AvgIpc) is 2.85. The van der Waals surface area contributed by atoms with Gasteiger partial charge in [0.05, 0.1) is 5.56 Å². The first-order valence-corrected chi connectivity index (χ1v) is 11.9. The van der Waals surface area contributed by atoms with Gasteiger partial charge in [0.1, 0.15) is 0 Å². The van der Waals surface area contributed by atoms with Crippen LogP contribution in [0.1, 0.15) is 36.0 Å². The lowest BCUT2D eigenvalue weighted by atomic mass is 10.0. The van der Waals surface area contributed by atoms with Crippen molar-refractivity contribution in [2.45, 2.75) is 37.8 Å². The first-order chi connectivity index (χ1) is 16.0. The largest absolute Gasteiger partial charge is 0.371 e. The van der Waals surface area contributed by atoms with Gasteiger partial charge in [0.25, 0.3) is 5.91 Å². The van der Waals surface area contributed by atoms with Crippen LogP contribution in [-0.2, 0) is 0 Å². The lowest BCUT2D eigenvalue weighted by molar-refractivity contribution is 0.0660. The molecule has 2 aliphatic rings. The summed E-state index contributed by atoms with van der Waals surface area (Å²) in [6.07, 6.45) is 3.72. The van der Waals surface area contributed by atoms with Crippen LogP contribution >= 0.6 is 0 Å². The molecule has 2 fully saturated rings. The normalized spacial score (nSPS) is 18.1. The summed E-state index contributed by atoms with van der Waals surface area (Å²) in [4.78, 5) is 32.3. The molecule has 4 rings (SSSR count). The second-order valence-corrected chi connectivity index (χ2v) is 9.19. The molecule has 7 heteroatoms. The van der Waals surface area contributed by atoms with E-state index in [1.807, 2.05) is 66.5 Å². The number of rotatable bonds is 5. The zero-order chi connectivity index (χ0) is 23.2. The van der Waals surface area contributed by atoms with Gasteiger partial charge in [-0.25, -0.2) is 4.79 Å². The highest BCUT2D eigenvalue weighted by molar-refractivity contribution is 6.00. The third-order valence-electron chi connectivity index (χ3n) is 6.89. The van der Waals surface area contributed by atoms with Crippen molar-refractivity contribution >= 4 is 23.3 Å². The second kappa shape index (κ2) is 10.7. The maximum atomic E-state index is 13.4. The van der Waals surface area contributed by atoms with Gasteiger partial charge >= 0.3 is 6.03 Å². The molecule has 0 radical (unpaired) electrons. The Hall–Kier alpha value is -3.06. The highest BCUT2D eigenvalue weighted by atomic mass is 16.2. The predicted octanol–water partition coefficient (Wildman–Crippen LogP) is 3.64. The van der Waals surface area contributed by atoms with Crippen molar-refractivity contribution in [3.05, 3.63) is 60.2 Å². The number of hydrogen-bond acceptors (Lipinski definition) is 4. The molecule has 3 amide bonds. The molecule has 0 bridgehead atoms. The van der Waals surface area contributed by atoms with Gasteiger partial charge in [0.2, 0.25) is 0 Å². The topological polar surface area (TPSA) is 67.9 Å². The molecule has 2 N–H and O–H groups in total. The van der Waals surface area contributed by atoms with Gasteiger partial charge in [-0.2, -0.15) is 0 Å². The molecule has 2 heterocycles. The predicted molar refractivity (Wildman–Crippen MR) is 133 cm³/mol. The van der Waals surface area contributed by atoms with Crippen molar-refractivity contribution in [2.75, 3.05) is 50.5 Å². The fraction of sp³-hybridized carbons (Fsp3) is 0.462. The fourth-order valence-corrected chi connectivity index (χ4v) is 4.81. The van der Waals surface area contributed by atoms with Gasteiger partial charge in [0, 0.05) is 43.6 Å². The number of amides is 3. The SMILES string of the molecule is CN1CCC(N(C)C(=O)c2ccccc2N2CCC(NC(=O)Nc3ccccc3)CC2)CC1. The van der Waals surface area contributed by atoms with Gasteiger partial charge in [-0.1, -0.05) is 30.3 Å². The summed E-state index contributed by atoms with van der Waals surface area (Å²) in [6, 6.07) is 17.6. The number of hydrogen-bond donors (Lipinski definition) is 2. The van der Waals surface area contributed by atoms with E-state index in [4.69, 9.17) is 0 Å². The number of urea groups is 1. The molecule has 0 spiro atoms. The Morgan fingerprint density at radius 1 is 0.879 bits per heavy atom. The summed E-state index contributed by atoms with van der Waals surface area (Å²) in [5.74, 6) is 0.0997. The summed E-state index contributed by atoms with van der Waals surface area (Å²) in [5.41, 5.74) is 2.55. The zero-order valence-electron chi connectivity index (χ0n) is 19.7. The highest BCUT2D eigenvalue weighted by Gasteiger charge is 2.28. The van der Waals surface area contributed by atoms with Crippen LogP contribution < -0.4 is 15.5 Å². The molecule has 0 aromatic heterocycles. The van der Waals surface area contributed by atoms with Crippen molar-refractivity contribution < 1.29 is 9.59 Å². The van der Waals surface area contributed by atoms with Crippen LogP contribution in [0.3, 0.4) is 0 Å². The van der Waals surface area contributed by atoms with Crippen molar-refractivity contribution in [3.63, 3.8) is 0 Å². The number of carbonyl (C=O) groups excluding carboxylic acids is 2. The van der Waals surface area contributed by atoms with E-state index in [9.17, 15) is 9.59 Å². The van der Waals surface area contributed by atoms with Crippen LogP contribution in [0.25, 0.3) is 0 Å². The number of likely N-dealkylation sites (tertiary alicyclic amines) is 1. The van der Waals surface area contributed by atoms with Crippen molar-refractivity contribution in [1.29, 1.82) is 0 Å². The van der Waals surface area contributed by atoms with Crippen LogP contribution in [0.4, 0.5) is 16.2 Å². The van der Waals surface area contributed by atoms with Crippen molar-refractivity contribution in [1.82, 2.24) is 15.1 Å². The summed E-state index contributed by atoms with van der Waals surface area (Å²) >= 11 is 0. The maximum Gasteiger partial charge on any atom is 0.319 e. The van der Waals surface area contributed by atoms with Crippen LogP contribution in [0, 0.1) is 0 Å². The Kier molecular flexibility index (Phi) is 7.50. The smallest absolute Gasteiger partial charge is 0.319 e. The minimum Gasteiger partial charge on any atom is -0.371 e. The third-order valence-corrected chi connectivity index (χ3v) is 6.89. The molecule has 176 valence electrons. The number of carbonyl (C=O) groups is 2. The molecule has 7 nitrogen and oxygen atoms in total. The Morgan fingerprint density at radius 2 is 1.52 bits per heavy atom. The van der Waals surface area contributed by atoms with Crippen LogP contribution in [0.5, 0.6) is 0 Å². The molecule has 2 aliphatic heterocycles. The lowest BCUT2D eigenvalue weighted by Crippen LogP contribution is -2.47. The number of nitrogens with zero attached hydrogens (tertiary/aromatic N) is 3. The molecule has 2 saturated heterocycles. The van der Waals surface area contributed by atoms with E-state index in [1.54, 1.807) is 0 Å². The number of anilines is 2. The Bertz CT molecular complexity index is 935. The van der Waals surface area contributed by atoms with Crippen molar-refractivity contribution in [2.24, 2.45) is 0 Å². The summed E-state index contributed by atoms with van der Waals surface area (Å²) in [5, 5.41) is 5.97. The van der Waals surface area contributed by atoms with Crippen LogP contribution in [0.15, 0.2) is 54.6 Å². The first-order valence-electron chi connectivity index (χ1n) is 11.9. The Morgan fingerprint density at radius 3 is 2.21 bits per heavy atom. The summed E-state index contributed by atoms with van der Waals surface area (Å²) in [6.45, 7) is 3.67. The second-order valence-electron chi connectivity index (χ2n) is 9.19. The number of nitrogens with one attached hydrogen (secondary N) is 2. The first kappa shape index (κ1) is 23.1. The van der Waals surface area contributed by atoms with Gasteiger partial charge in [-0.3, -0.25) is 4.79 Å². The molecule has 0 saturated carbocycles. The molecule has 0 atom stereocenters. The molecule has 0 aliphatic carbocycles. The molecule has 2 aromatic carbocycles. The fourth-order valence-electron chi connectivity index (χ4n) is 4.81. The summed E-state index contributed by atoms with van der Waals surface area (Å²) < 4.78 is 0. The van der Waals surface area contributed by atoms with E-state index >= 15 is 0 Å². The molecule has 0 unspecified atom stereocenters.